The lowest BCUT2D eigenvalue weighted by Gasteiger charge is -2.14. The first-order valence-corrected chi connectivity index (χ1v) is 10.0. The van der Waals surface area contributed by atoms with Crippen LogP contribution in [0.25, 0.3) is 17.0 Å². The molecule has 0 aliphatic carbocycles. The van der Waals surface area contributed by atoms with Crippen LogP contribution in [0.1, 0.15) is 11.1 Å². The summed E-state index contributed by atoms with van der Waals surface area (Å²) < 4.78 is 16.1. The third kappa shape index (κ3) is 3.14. The highest BCUT2D eigenvalue weighted by Gasteiger charge is 2.36. The lowest BCUT2D eigenvalue weighted by molar-refractivity contribution is -0.123. The Labute approximate surface area is 178 Å². The molecular weight excluding hydrogens is 430 g/mol. The van der Waals surface area contributed by atoms with Crippen LogP contribution < -0.4 is 14.9 Å². The van der Waals surface area contributed by atoms with Gasteiger partial charge >= 0.3 is 0 Å². The smallest absolute Gasteiger partial charge is 0.293 e. The summed E-state index contributed by atoms with van der Waals surface area (Å²) in [6.07, 6.45) is 2.66. The van der Waals surface area contributed by atoms with Crippen molar-refractivity contribution in [3.8, 4) is 11.5 Å². The van der Waals surface area contributed by atoms with Crippen molar-refractivity contribution in [1.82, 2.24) is 4.90 Å². The number of para-hydroxylation sites is 1. The van der Waals surface area contributed by atoms with Crippen LogP contribution in [0.5, 0.6) is 11.5 Å². The zero-order chi connectivity index (χ0) is 20.8. The van der Waals surface area contributed by atoms with E-state index >= 15 is 0 Å². The molecule has 0 N–H and O–H groups in total. The first-order chi connectivity index (χ1) is 14.5. The van der Waals surface area contributed by atoms with Gasteiger partial charge in [0.2, 0.25) is 6.79 Å². The predicted octanol–water partition coefficient (Wildman–Crippen LogP) is 4.41. The van der Waals surface area contributed by atoms with E-state index < -0.39 is 11.1 Å². The third-order valence-corrected chi connectivity index (χ3v) is 6.00. The Morgan fingerprint density at radius 2 is 1.87 bits per heavy atom. The highest BCUT2D eigenvalue weighted by atomic mass is 35.5. The van der Waals surface area contributed by atoms with Crippen LogP contribution in [0.15, 0.2) is 56.8 Å². The highest BCUT2D eigenvalue weighted by molar-refractivity contribution is 8.18. The summed E-state index contributed by atoms with van der Waals surface area (Å²) in [4.78, 5) is 39.2. The number of hydrogen-bond donors (Lipinski definition) is 0. The Bertz CT molecular complexity index is 1310. The van der Waals surface area contributed by atoms with Crippen LogP contribution in [0.2, 0.25) is 5.02 Å². The Balaban J connectivity index is 1.45. The van der Waals surface area contributed by atoms with E-state index in [9.17, 15) is 14.4 Å². The minimum absolute atomic E-state index is 0.0240. The molecule has 0 radical (unpaired) electrons. The van der Waals surface area contributed by atoms with Gasteiger partial charge in [-0.25, -0.2) is 0 Å². The lowest BCUT2D eigenvalue weighted by Crippen LogP contribution is -2.27. The molecule has 0 bridgehead atoms. The van der Waals surface area contributed by atoms with Crippen molar-refractivity contribution in [2.24, 2.45) is 0 Å². The fraction of sp³-hybridized carbons (Fsp3) is 0.0952. The molecule has 30 heavy (non-hydrogen) atoms. The molecule has 2 amide bonds. The topological polar surface area (TPSA) is 86.0 Å². The molecule has 2 aliphatic rings. The Kier molecular flexibility index (Phi) is 4.52. The van der Waals surface area contributed by atoms with Crippen LogP contribution in [0, 0.1) is 0 Å². The van der Waals surface area contributed by atoms with Crippen molar-refractivity contribution < 1.29 is 23.5 Å². The first kappa shape index (κ1) is 18.8. The molecule has 0 spiro atoms. The normalized spacial score (nSPS) is 16.8. The van der Waals surface area contributed by atoms with E-state index in [0.29, 0.717) is 33.1 Å². The minimum Gasteiger partial charge on any atom is -0.463 e. The van der Waals surface area contributed by atoms with Gasteiger partial charge in [0.1, 0.15) is 11.8 Å². The van der Waals surface area contributed by atoms with Gasteiger partial charge in [0, 0.05) is 11.1 Å². The van der Waals surface area contributed by atoms with Gasteiger partial charge in [0.15, 0.2) is 16.9 Å². The van der Waals surface area contributed by atoms with Crippen molar-refractivity contribution in [1.29, 1.82) is 0 Å². The lowest BCUT2D eigenvalue weighted by atomic mass is 10.1. The van der Waals surface area contributed by atoms with Gasteiger partial charge in [0.25, 0.3) is 11.1 Å². The van der Waals surface area contributed by atoms with Crippen LogP contribution in [-0.2, 0) is 11.3 Å². The standard InChI is InChI=1S/C21H12ClNO6S/c22-14-7-17-16(28-10-29-17)5-11(14)8-23-20(25)18(30-21(23)26)6-12-9-27-15-4-2-1-3-13(15)19(12)24/h1-7,9H,8,10H2/b18-6-. The van der Waals surface area contributed by atoms with E-state index in [4.69, 9.17) is 25.5 Å². The number of halogens is 1. The quantitative estimate of drug-likeness (QED) is 0.556. The summed E-state index contributed by atoms with van der Waals surface area (Å²) in [5.41, 5.74) is 0.919. The van der Waals surface area contributed by atoms with E-state index in [1.807, 2.05) is 0 Å². The summed E-state index contributed by atoms with van der Waals surface area (Å²) in [5, 5.41) is 0.306. The summed E-state index contributed by atoms with van der Waals surface area (Å²) in [6, 6.07) is 10.1. The molecule has 3 heterocycles. The number of nitrogens with zero attached hydrogens (tertiary/aromatic N) is 1. The van der Waals surface area contributed by atoms with Gasteiger partial charge in [-0.05, 0) is 41.6 Å². The predicted molar refractivity (Wildman–Crippen MR) is 112 cm³/mol. The minimum atomic E-state index is -0.508. The van der Waals surface area contributed by atoms with Crippen LogP contribution in [0.4, 0.5) is 4.79 Å². The average Bonchev–Trinajstić information content (AvgIpc) is 3.29. The molecule has 1 fully saturated rings. The molecule has 5 rings (SSSR count). The van der Waals surface area contributed by atoms with Crippen molar-refractivity contribution in [2.45, 2.75) is 6.54 Å². The fourth-order valence-corrected chi connectivity index (χ4v) is 4.26. The van der Waals surface area contributed by atoms with Gasteiger partial charge in [-0.3, -0.25) is 19.3 Å². The van der Waals surface area contributed by atoms with Crippen LogP contribution in [0.3, 0.4) is 0 Å². The van der Waals surface area contributed by atoms with Crippen molar-refractivity contribution in [3.63, 3.8) is 0 Å². The molecule has 150 valence electrons. The molecule has 2 aromatic carbocycles. The van der Waals surface area contributed by atoms with Gasteiger partial charge < -0.3 is 13.9 Å². The maximum atomic E-state index is 12.8. The Morgan fingerprint density at radius 3 is 2.70 bits per heavy atom. The Morgan fingerprint density at radius 1 is 1.10 bits per heavy atom. The number of carbonyl (C=O) groups excluding carboxylic acids is 2. The second-order valence-electron chi connectivity index (χ2n) is 6.58. The van der Waals surface area contributed by atoms with Crippen molar-refractivity contribution >= 4 is 51.6 Å². The molecule has 9 heteroatoms. The molecule has 0 saturated carbocycles. The van der Waals surface area contributed by atoms with Crippen molar-refractivity contribution in [2.75, 3.05) is 6.79 Å². The molecule has 1 saturated heterocycles. The summed E-state index contributed by atoms with van der Waals surface area (Å²) in [5.74, 6) is 0.512. The number of carbonyl (C=O) groups is 2. The summed E-state index contributed by atoms with van der Waals surface area (Å²) in [6.45, 7) is 0.0670. The maximum absolute atomic E-state index is 12.8. The van der Waals surface area contributed by atoms with E-state index in [2.05, 4.69) is 0 Å². The monoisotopic (exact) mass is 441 g/mol. The highest BCUT2D eigenvalue weighted by Crippen LogP contribution is 2.39. The fourth-order valence-electron chi connectivity index (χ4n) is 3.22. The van der Waals surface area contributed by atoms with Crippen molar-refractivity contribution in [3.05, 3.63) is 73.9 Å². The molecule has 3 aromatic rings. The number of hydrogen-bond acceptors (Lipinski definition) is 7. The molecule has 0 unspecified atom stereocenters. The molecule has 0 atom stereocenters. The SMILES string of the molecule is O=C1S/C(=C\c2coc3ccccc3c2=O)C(=O)N1Cc1cc2c(cc1Cl)OCO2. The van der Waals surface area contributed by atoms with Gasteiger partial charge in [0.05, 0.1) is 22.4 Å². The summed E-state index contributed by atoms with van der Waals surface area (Å²) in [7, 11) is 0. The van der Waals surface area contributed by atoms with E-state index in [-0.39, 0.29) is 29.2 Å². The number of rotatable bonds is 3. The van der Waals surface area contributed by atoms with Gasteiger partial charge in [-0.1, -0.05) is 23.7 Å². The van der Waals surface area contributed by atoms with Gasteiger partial charge in [-0.2, -0.15) is 0 Å². The number of imide groups is 1. The van der Waals surface area contributed by atoms with Crippen LogP contribution >= 0.6 is 23.4 Å². The van der Waals surface area contributed by atoms with Crippen LogP contribution in [-0.4, -0.2) is 22.8 Å². The van der Waals surface area contributed by atoms with E-state index in [0.717, 1.165) is 16.7 Å². The zero-order valence-electron chi connectivity index (χ0n) is 15.2. The molecule has 7 nitrogen and oxygen atoms in total. The third-order valence-electron chi connectivity index (χ3n) is 4.74. The number of thioether (sulfide) groups is 1. The second kappa shape index (κ2) is 7.23. The molecular formula is C21H12ClNO6S. The van der Waals surface area contributed by atoms with Gasteiger partial charge in [-0.15, -0.1) is 0 Å². The largest absolute Gasteiger partial charge is 0.463 e. The molecule has 1 aromatic heterocycles. The number of fused-ring (bicyclic) bond motifs is 2. The number of amides is 2. The second-order valence-corrected chi connectivity index (χ2v) is 7.98. The first-order valence-electron chi connectivity index (χ1n) is 8.85. The maximum Gasteiger partial charge on any atom is 0.293 e. The van der Waals surface area contributed by atoms with E-state index in [1.54, 1.807) is 36.4 Å². The average molecular weight is 442 g/mol. The molecule has 2 aliphatic heterocycles. The Hall–Kier alpha value is -3.23. The number of benzene rings is 2. The summed E-state index contributed by atoms with van der Waals surface area (Å²) >= 11 is 7.02. The number of ether oxygens (including phenoxy) is 2. The van der Waals surface area contributed by atoms with E-state index in [1.165, 1.54) is 12.3 Å². The zero-order valence-corrected chi connectivity index (χ0v) is 16.8.